The number of hydrogen-bond donors (Lipinski definition) is 2. The molecular weight excluding hydrogens is 264 g/mol. The third-order valence-electron chi connectivity index (χ3n) is 4.23. The van der Waals surface area contributed by atoms with E-state index in [-0.39, 0.29) is 12.5 Å². The zero-order chi connectivity index (χ0) is 15.5. The minimum atomic E-state index is -0.809. The van der Waals surface area contributed by atoms with Crippen LogP contribution in [0.2, 0.25) is 0 Å². The number of ether oxygens (including phenoxy) is 1. The van der Waals surface area contributed by atoms with Gasteiger partial charge in [0, 0.05) is 6.04 Å². The van der Waals surface area contributed by atoms with Crippen LogP contribution in [0.5, 0.6) is 5.75 Å². The summed E-state index contributed by atoms with van der Waals surface area (Å²) in [7, 11) is 0. The van der Waals surface area contributed by atoms with E-state index in [9.17, 15) is 4.79 Å². The molecule has 0 heterocycles. The van der Waals surface area contributed by atoms with Crippen molar-refractivity contribution in [3.05, 3.63) is 29.8 Å². The molecule has 1 aromatic carbocycles. The van der Waals surface area contributed by atoms with E-state index >= 15 is 0 Å². The fourth-order valence-corrected chi connectivity index (χ4v) is 2.22. The molecule has 0 aromatic heterocycles. The van der Waals surface area contributed by atoms with Crippen LogP contribution in [-0.2, 0) is 4.79 Å². The van der Waals surface area contributed by atoms with Crippen molar-refractivity contribution in [3.63, 3.8) is 0 Å². The molecule has 0 spiro atoms. The van der Waals surface area contributed by atoms with Gasteiger partial charge in [0.2, 0.25) is 5.91 Å². The Hall–Kier alpha value is -1.55. The SMILES string of the molecule is CCC(C)c1ccc(OCC(C)(NC2CC2)C(N)=O)cc1. The lowest BCUT2D eigenvalue weighted by Crippen LogP contribution is -2.57. The molecule has 1 aliphatic carbocycles. The first-order chi connectivity index (χ1) is 9.94. The maximum absolute atomic E-state index is 11.7. The topological polar surface area (TPSA) is 64.3 Å². The number of carbonyl (C=O) groups excluding carboxylic acids is 1. The number of carbonyl (C=O) groups is 1. The number of rotatable bonds is 8. The van der Waals surface area contributed by atoms with Crippen LogP contribution in [-0.4, -0.2) is 24.1 Å². The molecule has 116 valence electrons. The fourth-order valence-electron chi connectivity index (χ4n) is 2.22. The summed E-state index contributed by atoms with van der Waals surface area (Å²) in [6.45, 7) is 6.44. The van der Waals surface area contributed by atoms with Crippen molar-refractivity contribution in [3.8, 4) is 5.75 Å². The van der Waals surface area contributed by atoms with Crippen LogP contribution in [0.25, 0.3) is 0 Å². The molecule has 4 heteroatoms. The molecule has 2 atom stereocenters. The van der Waals surface area contributed by atoms with Crippen molar-refractivity contribution < 1.29 is 9.53 Å². The Morgan fingerprint density at radius 3 is 2.52 bits per heavy atom. The van der Waals surface area contributed by atoms with Crippen LogP contribution >= 0.6 is 0 Å². The van der Waals surface area contributed by atoms with E-state index in [1.165, 1.54) is 5.56 Å². The first-order valence-electron chi connectivity index (χ1n) is 7.75. The Morgan fingerprint density at radius 1 is 1.43 bits per heavy atom. The zero-order valence-electron chi connectivity index (χ0n) is 13.2. The molecule has 1 saturated carbocycles. The molecule has 2 unspecified atom stereocenters. The molecule has 1 amide bonds. The van der Waals surface area contributed by atoms with E-state index < -0.39 is 5.54 Å². The van der Waals surface area contributed by atoms with Crippen molar-refractivity contribution in [1.82, 2.24) is 5.32 Å². The number of primary amides is 1. The van der Waals surface area contributed by atoms with Crippen LogP contribution in [0, 0.1) is 0 Å². The highest BCUT2D eigenvalue weighted by molar-refractivity contribution is 5.84. The maximum Gasteiger partial charge on any atom is 0.240 e. The minimum Gasteiger partial charge on any atom is -0.491 e. The molecule has 0 saturated heterocycles. The molecule has 0 radical (unpaired) electrons. The Balaban J connectivity index is 1.95. The summed E-state index contributed by atoms with van der Waals surface area (Å²) in [6, 6.07) is 8.48. The summed E-state index contributed by atoms with van der Waals surface area (Å²) in [4.78, 5) is 11.7. The molecule has 0 bridgehead atoms. The summed E-state index contributed by atoms with van der Waals surface area (Å²) in [5, 5.41) is 3.28. The largest absolute Gasteiger partial charge is 0.491 e. The number of nitrogens with one attached hydrogen (secondary N) is 1. The van der Waals surface area contributed by atoms with Gasteiger partial charge in [0.15, 0.2) is 0 Å². The summed E-state index contributed by atoms with van der Waals surface area (Å²) in [5.41, 5.74) is 6.01. The lowest BCUT2D eigenvalue weighted by molar-refractivity contribution is -0.125. The monoisotopic (exact) mass is 290 g/mol. The zero-order valence-corrected chi connectivity index (χ0v) is 13.2. The lowest BCUT2D eigenvalue weighted by Gasteiger charge is -2.27. The summed E-state index contributed by atoms with van der Waals surface area (Å²) in [5.74, 6) is 0.948. The summed E-state index contributed by atoms with van der Waals surface area (Å²) < 4.78 is 5.77. The van der Waals surface area contributed by atoms with Crippen LogP contribution in [0.3, 0.4) is 0 Å². The average Bonchev–Trinajstić information content (AvgIpc) is 3.28. The molecular formula is C17H26N2O2. The first kappa shape index (κ1) is 15.8. The Labute approximate surface area is 127 Å². The molecule has 4 nitrogen and oxygen atoms in total. The van der Waals surface area contributed by atoms with Gasteiger partial charge in [0.1, 0.15) is 17.9 Å². The van der Waals surface area contributed by atoms with E-state index in [2.05, 4.69) is 31.3 Å². The van der Waals surface area contributed by atoms with E-state index in [4.69, 9.17) is 10.5 Å². The van der Waals surface area contributed by atoms with E-state index in [1.807, 2.05) is 12.1 Å². The molecule has 21 heavy (non-hydrogen) atoms. The van der Waals surface area contributed by atoms with Crippen LogP contribution in [0.4, 0.5) is 0 Å². The maximum atomic E-state index is 11.7. The highest BCUT2D eigenvalue weighted by Crippen LogP contribution is 2.24. The average molecular weight is 290 g/mol. The minimum absolute atomic E-state index is 0.251. The second-order valence-corrected chi connectivity index (χ2v) is 6.28. The van der Waals surface area contributed by atoms with Crippen LogP contribution < -0.4 is 15.8 Å². The summed E-state index contributed by atoms with van der Waals surface area (Å²) >= 11 is 0. The second-order valence-electron chi connectivity index (χ2n) is 6.28. The van der Waals surface area contributed by atoms with Gasteiger partial charge in [-0.3, -0.25) is 10.1 Å². The molecule has 3 N–H and O–H groups in total. The highest BCUT2D eigenvalue weighted by atomic mass is 16.5. The van der Waals surface area contributed by atoms with E-state index in [0.29, 0.717) is 12.0 Å². The molecule has 0 aliphatic heterocycles. The first-order valence-corrected chi connectivity index (χ1v) is 7.75. The smallest absolute Gasteiger partial charge is 0.240 e. The Bertz CT molecular complexity index is 482. The lowest BCUT2D eigenvalue weighted by atomic mass is 9.99. The normalized spacial score (nSPS) is 18.8. The van der Waals surface area contributed by atoms with Gasteiger partial charge in [-0.15, -0.1) is 0 Å². The van der Waals surface area contributed by atoms with Crippen LogP contribution in [0.15, 0.2) is 24.3 Å². The van der Waals surface area contributed by atoms with Gasteiger partial charge < -0.3 is 10.5 Å². The third kappa shape index (κ3) is 4.21. The van der Waals surface area contributed by atoms with Gasteiger partial charge in [-0.05, 0) is 49.8 Å². The number of hydrogen-bond acceptors (Lipinski definition) is 3. The van der Waals surface area contributed by atoms with Gasteiger partial charge in [-0.1, -0.05) is 26.0 Å². The summed E-state index contributed by atoms with van der Waals surface area (Å²) in [6.07, 6.45) is 3.32. The van der Waals surface area contributed by atoms with Crippen molar-refractivity contribution >= 4 is 5.91 Å². The standard InChI is InChI=1S/C17H26N2O2/c1-4-12(2)13-5-9-15(10-6-13)21-11-17(3,16(18)20)19-14-7-8-14/h5-6,9-10,12,14,19H,4,7-8,11H2,1-3H3,(H2,18,20). The predicted octanol–water partition coefficient (Wildman–Crippen LogP) is 2.57. The Kier molecular flexibility index (Phi) is 4.88. The van der Waals surface area contributed by atoms with Gasteiger partial charge >= 0.3 is 0 Å². The van der Waals surface area contributed by atoms with Crippen LogP contribution in [0.1, 0.15) is 51.5 Å². The molecule has 1 fully saturated rings. The van der Waals surface area contributed by atoms with Gasteiger partial charge in [0.25, 0.3) is 0 Å². The Morgan fingerprint density at radius 2 is 2.05 bits per heavy atom. The molecule has 1 aromatic rings. The second kappa shape index (κ2) is 6.48. The fraction of sp³-hybridized carbons (Fsp3) is 0.588. The number of amides is 1. The predicted molar refractivity (Wildman–Crippen MR) is 84.4 cm³/mol. The van der Waals surface area contributed by atoms with Gasteiger partial charge in [-0.2, -0.15) is 0 Å². The van der Waals surface area contributed by atoms with Crippen molar-refractivity contribution in [2.75, 3.05) is 6.61 Å². The third-order valence-corrected chi connectivity index (χ3v) is 4.23. The highest BCUT2D eigenvalue weighted by Gasteiger charge is 2.37. The van der Waals surface area contributed by atoms with E-state index in [1.54, 1.807) is 6.92 Å². The number of benzene rings is 1. The number of nitrogens with two attached hydrogens (primary N) is 1. The quantitative estimate of drug-likeness (QED) is 0.773. The molecule has 1 aliphatic rings. The van der Waals surface area contributed by atoms with Gasteiger partial charge in [-0.25, -0.2) is 0 Å². The van der Waals surface area contributed by atoms with Crippen molar-refractivity contribution in [2.24, 2.45) is 5.73 Å². The molecule has 2 rings (SSSR count). The van der Waals surface area contributed by atoms with E-state index in [0.717, 1.165) is 25.0 Å². The van der Waals surface area contributed by atoms with Crippen molar-refractivity contribution in [1.29, 1.82) is 0 Å². The van der Waals surface area contributed by atoms with Crippen molar-refractivity contribution in [2.45, 2.75) is 57.5 Å². The van der Waals surface area contributed by atoms with Gasteiger partial charge in [0.05, 0.1) is 0 Å².